The minimum atomic E-state index is -0.351. The maximum atomic E-state index is 10.6. The van der Waals surface area contributed by atoms with E-state index >= 15 is 0 Å². The summed E-state index contributed by atoms with van der Waals surface area (Å²) < 4.78 is 2.32. The van der Waals surface area contributed by atoms with E-state index in [-0.39, 0.29) is 12.1 Å². The molecule has 12 aromatic carbocycles. The van der Waals surface area contributed by atoms with Gasteiger partial charge >= 0.3 is 0 Å². The van der Waals surface area contributed by atoms with E-state index in [1.165, 1.54) is 5.56 Å². The minimum Gasteiger partial charge on any atom is -0.311 e. The van der Waals surface area contributed by atoms with E-state index < -0.39 is 0 Å². The SMILES string of the molecule is CC(C)(C)c1ccc2c3cc(-c4cc5c6c(c4)N(c4ccc(-c7ccccc7)cc4)c4ccc(C#N)cc4B6c4cc(C#N)ccc4N5c4ccc(-c5ccccc5)cc4)ccc3n(-c3ccc(C#N)cc3-c3nc(-c4ccccc4)nc(-c4ccccc4)n3)c2c1. The first-order chi connectivity index (χ1) is 45.1. The third-order valence-electron chi connectivity index (χ3n) is 18.1. The summed E-state index contributed by atoms with van der Waals surface area (Å²) in [6.07, 6.45) is 0. The summed E-state index contributed by atoms with van der Waals surface area (Å²) in [5.74, 6) is 1.49. The fourth-order valence-corrected chi connectivity index (χ4v) is 13.6. The Morgan fingerprint density at radius 3 is 1.25 bits per heavy atom. The Morgan fingerprint density at radius 1 is 0.337 bits per heavy atom. The molecule has 0 saturated heterocycles. The summed E-state index contributed by atoms with van der Waals surface area (Å²) in [4.78, 5) is 20.2. The van der Waals surface area contributed by atoms with Crippen molar-refractivity contribution in [3.05, 3.63) is 295 Å². The smallest absolute Gasteiger partial charge is 0.252 e. The highest BCUT2D eigenvalue weighted by Crippen LogP contribution is 2.48. The molecule has 9 nitrogen and oxygen atoms in total. The first-order valence-corrected chi connectivity index (χ1v) is 30.8. The van der Waals surface area contributed by atoms with Gasteiger partial charge in [0.15, 0.2) is 17.5 Å². The van der Waals surface area contributed by atoms with Gasteiger partial charge in [0.25, 0.3) is 6.71 Å². The van der Waals surface area contributed by atoms with Crippen molar-refractivity contribution < 1.29 is 0 Å². The molecule has 14 aromatic rings. The topological polar surface area (TPSA) is 121 Å². The Bertz CT molecular complexity index is 5180. The second-order valence-electron chi connectivity index (χ2n) is 24.6. The van der Waals surface area contributed by atoms with E-state index in [2.05, 4.69) is 211 Å². The average molecular weight is 1180 g/mol. The minimum absolute atomic E-state index is 0.190. The van der Waals surface area contributed by atoms with Gasteiger partial charge in [-0.25, -0.2) is 15.0 Å². The van der Waals surface area contributed by atoms with Gasteiger partial charge in [0.05, 0.1) is 51.6 Å². The molecule has 0 amide bonds. The van der Waals surface area contributed by atoms with Crippen molar-refractivity contribution in [1.29, 1.82) is 15.8 Å². The molecule has 16 rings (SSSR count). The normalized spacial score (nSPS) is 12.2. The molecule has 0 saturated carbocycles. The van der Waals surface area contributed by atoms with E-state index in [0.717, 1.165) is 123 Å². The zero-order chi connectivity index (χ0) is 62.2. The molecule has 0 N–H and O–H groups in total. The molecule has 2 aliphatic rings. The zero-order valence-electron chi connectivity index (χ0n) is 50.6. The predicted octanol–water partition coefficient (Wildman–Crippen LogP) is 18.0. The predicted molar refractivity (Wildman–Crippen MR) is 374 cm³/mol. The summed E-state index contributed by atoms with van der Waals surface area (Å²) in [5, 5.41) is 33.9. The van der Waals surface area contributed by atoms with Gasteiger partial charge in [-0.15, -0.1) is 0 Å². The van der Waals surface area contributed by atoms with Gasteiger partial charge in [-0.05, 0) is 170 Å². The van der Waals surface area contributed by atoms with Gasteiger partial charge < -0.3 is 14.4 Å². The van der Waals surface area contributed by atoms with E-state index in [9.17, 15) is 15.8 Å². The van der Waals surface area contributed by atoms with Crippen LogP contribution in [0.15, 0.2) is 273 Å². The van der Waals surface area contributed by atoms with Crippen molar-refractivity contribution in [2.24, 2.45) is 0 Å². The number of nitriles is 3. The zero-order valence-corrected chi connectivity index (χ0v) is 50.6. The Kier molecular flexibility index (Phi) is 13.1. The molecule has 430 valence electrons. The van der Waals surface area contributed by atoms with Crippen molar-refractivity contribution in [2.75, 3.05) is 9.80 Å². The number of anilines is 6. The lowest BCUT2D eigenvalue weighted by Gasteiger charge is -2.44. The highest BCUT2D eigenvalue weighted by atomic mass is 15.2. The van der Waals surface area contributed by atoms with Crippen molar-refractivity contribution in [1.82, 2.24) is 19.5 Å². The first kappa shape index (κ1) is 54.9. The lowest BCUT2D eigenvalue weighted by atomic mass is 9.33. The summed E-state index contributed by atoms with van der Waals surface area (Å²) in [7, 11) is 0. The Balaban J connectivity index is 0.952. The molecular weight excluding hydrogens is 1120 g/mol. The number of nitrogens with zero attached hydrogens (tertiary/aromatic N) is 9. The molecule has 0 atom stereocenters. The number of benzene rings is 12. The van der Waals surface area contributed by atoms with Crippen LogP contribution in [0.2, 0.25) is 0 Å². The average Bonchev–Trinajstić information content (AvgIpc) is 0.743. The lowest BCUT2D eigenvalue weighted by molar-refractivity contribution is 0.591. The number of hydrogen-bond acceptors (Lipinski definition) is 8. The van der Waals surface area contributed by atoms with Gasteiger partial charge in [-0.1, -0.05) is 185 Å². The van der Waals surface area contributed by atoms with Gasteiger partial charge in [0.1, 0.15) is 0 Å². The van der Waals surface area contributed by atoms with Gasteiger partial charge in [0, 0.05) is 61.6 Å². The summed E-state index contributed by atoms with van der Waals surface area (Å²) in [6, 6.07) is 102. The molecule has 0 spiro atoms. The van der Waals surface area contributed by atoms with Crippen LogP contribution in [0.4, 0.5) is 34.1 Å². The van der Waals surface area contributed by atoms with E-state index in [1.54, 1.807) is 0 Å². The van der Waals surface area contributed by atoms with Crippen molar-refractivity contribution in [3.63, 3.8) is 0 Å². The van der Waals surface area contributed by atoms with Crippen molar-refractivity contribution in [3.8, 4) is 91.4 Å². The Hall–Kier alpha value is -12.4. The highest BCUT2D eigenvalue weighted by molar-refractivity contribution is 7.00. The van der Waals surface area contributed by atoms with Crippen molar-refractivity contribution in [2.45, 2.75) is 26.2 Å². The molecule has 0 unspecified atom stereocenters. The van der Waals surface area contributed by atoms with Crippen LogP contribution in [0.1, 0.15) is 43.0 Å². The molecule has 4 heterocycles. The number of rotatable bonds is 9. The summed E-state index contributed by atoms with van der Waals surface area (Å²) in [6.45, 7) is 6.37. The molecule has 0 aliphatic carbocycles. The molecule has 2 aromatic heterocycles. The maximum Gasteiger partial charge on any atom is 0.252 e. The quantitative estimate of drug-likeness (QED) is 0.131. The maximum absolute atomic E-state index is 10.6. The van der Waals surface area contributed by atoms with Crippen LogP contribution in [0, 0.1) is 34.0 Å². The Labute approximate surface area is 534 Å². The Morgan fingerprint density at radius 2 is 0.772 bits per heavy atom. The van der Waals surface area contributed by atoms with Crippen LogP contribution in [0.25, 0.3) is 95.0 Å². The monoisotopic (exact) mass is 1180 g/mol. The van der Waals surface area contributed by atoms with Crippen LogP contribution < -0.4 is 26.2 Å². The van der Waals surface area contributed by atoms with E-state index in [4.69, 9.17) is 15.0 Å². The third-order valence-corrected chi connectivity index (χ3v) is 18.1. The molecular formula is C82H54BN9. The fourth-order valence-electron chi connectivity index (χ4n) is 13.6. The fraction of sp³-hybridized carbons (Fsp3) is 0.0488. The second-order valence-corrected chi connectivity index (χ2v) is 24.6. The summed E-state index contributed by atoms with van der Waals surface area (Å²) >= 11 is 0. The molecule has 0 bridgehead atoms. The molecule has 10 heteroatoms. The number of fused-ring (bicyclic) bond motifs is 7. The van der Waals surface area contributed by atoms with Gasteiger partial charge in [-0.3, -0.25) is 0 Å². The molecule has 92 heavy (non-hydrogen) atoms. The van der Waals surface area contributed by atoms with Crippen LogP contribution in [0.3, 0.4) is 0 Å². The van der Waals surface area contributed by atoms with E-state index in [1.807, 2.05) is 115 Å². The van der Waals surface area contributed by atoms with Crippen molar-refractivity contribution >= 4 is 79.0 Å². The molecule has 2 aliphatic heterocycles. The number of aromatic nitrogens is 4. The van der Waals surface area contributed by atoms with Crippen LogP contribution in [0.5, 0.6) is 0 Å². The van der Waals surface area contributed by atoms with Crippen LogP contribution in [-0.2, 0) is 5.41 Å². The summed E-state index contributed by atoms with van der Waals surface area (Å²) in [5.41, 5.74) is 22.9. The van der Waals surface area contributed by atoms with Crippen LogP contribution in [-0.4, -0.2) is 26.2 Å². The second kappa shape index (κ2) is 22.0. The van der Waals surface area contributed by atoms with Gasteiger partial charge in [0.2, 0.25) is 0 Å². The third kappa shape index (κ3) is 9.35. The lowest BCUT2D eigenvalue weighted by Crippen LogP contribution is -2.61. The van der Waals surface area contributed by atoms with Gasteiger partial charge in [-0.2, -0.15) is 15.8 Å². The number of hydrogen-bond donors (Lipinski definition) is 0. The van der Waals surface area contributed by atoms with Crippen LogP contribution >= 0.6 is 0 Å². The standard InChI is InChI=1S/C82H54BN9/c1-82(2,3)63-32-37-66-67-45-61(31-41-71(67)92(75(66)48-63)72-38-24-52(49-84)42-68(72)81-88-79(59-20-12-6-13-21-59)87-80(89-81)60-22-14-7-15-23-60)62-46-76-78-77(47-62)91(65-35-29-58(30-36-65)56-18-10-5-11-19-56)74-40-26-54(51-86)44-70(74)83(78)69-43-53(50-85)25-39-73(69)90(76)64-33-27-57(28-34-64)55-16-8-4-9-17-55/h4-48H,1-3H3. The molecule has 0 fully saturated rings. The van der Waals surface area contributed by atoms with E-state index in [0.29, 0.717) is 39.7 Å². The first-order valence-electron chi connectivity index (χ1n) is 30.8. The molecule has 0 radical (unpaired) electrons. The highest BCUT2D eigenvalue weighted by Gasteiger charge is 2.44. The largest absolute Gasteiger partial charge is 0.311 e.